The van der Waals surface area contributed by atoms with Gasteiger partial charge in [-0.05, 0) is 44.4 Å². The molecule has 2 saturated heterocycles. The monoisotopic (exact) mass is 260 g/mol. The summed E-state index contributed by atoms with van der Waals surface area (Å²) in [6, 6.07) is 4.91. The number of piperidine rings is 1. The van der Waals surface area contributed by atoms with Crippen molar-refractivity contribution in [3.05, 3.63) is 18.3 Å². The van der Waals surface area contributed by atoms with Crippen molar-refractivity contribution >= 4 is 11.5 Å². The van der Waals surface area contributed by atoms with Gasteiger partial charge in [0.05, 0.1) is 11.9 Å². The summed E-state index contributed by atoms with van der Waals surface area (Å²) >= 11 is 0. The van der Waals surface area contributed by atoms with Crippen molar-refractivity contribution in [2.75, 3.05) is 36.4 Å². The van der Waals surface area contributed by atoms with E-state index in [4.69, 9.17) is 0 Å². The molecular weight excluding hydrogens is 236 g/mol. The molecule has 104 valence electrons. The molecule has 0 spiro atoms. The Kier molecular flexibility index (Phi) is 4.18. The van der Waals surface area contributed by atoms with E-state index in [-0.39, 0.29) is 0 Å². The number of hydrogen-bond acceptors (Lipinski definition) is 4. The molecule has 0 radical (unpaired) electrons. The smallest absolute Gasteiger partial charge is 0.128 e. The minimum absolute atomic E-state index is 0.618. The summed E-state index contributed by atoms with van der Waals surface area (Å²) in [5, 5.41) is 7.04. The van der Waals surface area contributed by atoms with Crippen LogP contribution in [0.4, 0.5) is 11.5 Å². The zero-order chi connectivity index (χ0) is 12.9. The van der Waals surface area contributed by atoms with E-state index in [9.17, 15) is 0 Å². The molecule has 1 atom stereocenters. The third kappa shape index (κ3) is 3.38. The lowest BCUT2D eigenvalue weighted by Crippen LogP contribution is -2.39. The van der Waals surface area contributed by atoms with Crippen molar-refractivity contribution in [3.8, 4) is 0 Å². The van der Waals surface area contributed by atoms with E-state index in [1.807, 2.05) is 6.20 Å². The molecule has 3 heterocycles. The number of aromatic nitrogens is 1. The highest BCUT2D eigenvalue weighted by atomic mass is 15.2. The summed E-state index contributed by atoms with van der Waals surface area (Å²) in [6.07, 6.45) is 8.53. The molecule has 2 N–H and O–H groups in total. The molecule has 0 aromatic carbocycles. The van der Waals surface area contributed by atoms with Crippen molar-refractivity contribution in [1.29, 1.82) is 0 Å². The van der Waals surface area contributed by atoms with Gasteiger partial charge in [-0.25, -0.2) is 4.98 Å². The third-order valence-electron chi connectivity index (χ3n) is 4.14. The van der Waals surface area contributed by atoms with Crippen LogP contribution in [0.3, 0.4) is 0 Å². The summed E-state index contributed by atoms with van der Waals surface area (Å²) in [5.41, 5.74) is 1.13. The zero-order valence-corrected chi connectivity index (χ0v) is 11.6. The van der Waals surface area contributed by atoms with Crippen LogP contribution in [0.25, 0.3) is 0 Å². The SMILES string of the molecule is c1cc(N2CCCC2)ncc1NCC1CCCCN1. The molecule has 3 rings (SSSR count). The molecule has 1 unspecified atom stereocenters. The molecule has 0 amide bonds. The lowest BCUT2D eigenvalue weighted by atomic mass is 10.1. The standard InChI is InChI=1S/C15H24N4/c1-2-8-16-13(5-1)11-17-14-6-7-15(18-12-14)19-9-3-4-10-19/h6-7,12-13,16-17H,1-5,8-11H2. The second-order valence-electron chi connectivity index (χ2n) is 5.63. The van der Waals surface area contributed by atoms with E-state index in [0.29, 0.717) is 6.04 Å². The van der Waals surface area contributed by atoms with Crippen LogP contribution < -0.4 is 15.5 Å². The van der Waals surface area contributed by atoms with Crippen LogP contribution in [0.15, 0.2) is 18.3 Å². The van der Waals surface area contributed by atoms with Crippen molar-refractivity contribution in [2.45, 2.75) is 38.1 Å². The summed E-state index contributed by atoms with van der Waals surface area (Å²) in [5.74, 6) is 1.12. The minimum Gasteiger partial charge on any atom is -0.382 e. The van der Waals surface area contributed by atoms with Crippen LogP contribution in [-0.2, 0) is 0 Å². The van der Waals surface area contributed by atoms with Gasteiger partial charge in [-0.2, -0.15) is 0 Å². The molecule has 2 aliphatic rings. The Morgan fingerprint density at radius 2 is 2.11 bits per heavy atom. The Labute approximate surface area is 115 Å². The van der Waals surface area contributed by atoms with Gasteiger partial charge in [0.15, 0.2) is 0 Å². The number of anilines is 2. The largest absolute Gasteiger partial charge is 0.382 e. The molecule has 0 bridgehead atoms. The van der Waals surface area contributed by atoms with E-state index >= 15 is 0 Å². The van der Waals surface area contributed by atoms with Crippen molar-refractivity contribution in [1.82, 2.24) is 10.3 Å². The highest BCUT2D eigenvalue weighted by Crippen LogP contribution is 2.19. The van der Waals surface area contributed by atoms with E-state index in [1.165, 1.54) is 38.6 Å². The van der Waals surface area contributed by atoms with Gasteiger partial charge in [-0.3, -0.25) is 0 Å². The Bertz CT molecular complexity index is 378. The van der Waals surface area contributed by atoms with E-state index in [2.05, 4.69) is 32.7 Å². The van der Waals surface area contributed by atoms with Crippen molar-refractivity contribution in [2.24, 2.45) is 0 Å². The second-order valence-corrected chi connectivity index (χ2v) is 5.63. The molecular formula is C15H24N4. The summed E-state index contributed by atoms with van der Waals surface area (Å²) in [6.45, 7) is 4.49. The number of nitrogens with zero attached hydrogens (tertiary/aromatic N) is 2. The molecule has 19 heavy (non-hydrogen) atoms. The van der Waals surface area contributed by atoms with Gasteiger partial charge in [-0.1, -0.05) is 6.42 Å². The lowest BCUT2D eigenvalue weighted by Gasteiger charge is -2.24. The van der Waals surface area contributed by atoms with E-state index < -0.39 is 0 Å². The fourth-order valence-corrected chi connectivity index (χ4v) is 2.96. The molecule has 4 nitrogen and oxygen atoms in total. The Hall–Kier alpha value is -1.29. The average molecular weight is 260 g/mol. The predicted molar refractivity (Wildman–Crippen MR) is 79.8 cm³/mol. The van der Waals surface area contributed by atoms with Crippen molar-refractivity contribution in [3.63, 3.8) is 0 Å². The summed E-state index contributed by atoms with van der Waals surface area (Å²) < 4.78 is 0. The second kappa shape index (κ2) is 6.24. The van der Waals surface area contributed by atoms with E-state index in [1.54, 1.807) is 0 Å². The molecule has 2 fully saturated rings. The average Bonchev–Trinajstić information content (AvgIpc) is 3.01. The Morgan fingerprint density at radius 3 is 2.79 bits per heavy atom. The first-order valence-corrected chi connectivity index (χ1v) is 7.60. The van der Waals surface area contributed by atoms with Gasteiger partial charge in [0.25, 0.3) is 0 Å². The quantitative estimate of drug-likeness (QED) is 0.871. The van der Waals surface area contributed by atoms with Crippen LogP contribution in [0.2, 0.25) is 0 Å². The van der Waals surface area contributed by atoms with Gasteiger partial charge < -0.3 is 15.5 Å². The third-order valence-corrected chi connectivity index (χ3v) is 4.14. The van der Waals surface area contributed by atoms with Crippen LogP contribution in [0, 0.1) is 0 Å². The maximum Gasteiger partial charge on any atom is 0.128 e. The Morgan fingerprint density at radius 1 is 1.21 bits per heavy atom. The molecule has 4 heteroatoms. The number of nitrogens with one attached hydrogen (secondary N) is 2. The maximum absolute atomic E-state index is 4.57. The summed E-state index contributed by atoms with van der Waals surface area (Å²) in [7, 11) is 0. The lowest BCUT2D eigenvalue weighted by molar-refractivity contribution is 0.414. The topological polar surface area (TPSA) is 40.2 Å². The highest BCUT2D eigenvalue weighted by Gasteiger charge is 2.14. The maximum atomic E-state index is 4.57. The van der Waals surface area contributed by atoms with Gasteiger partial charge in [0.2, 0.25) is 0 Å². The zero-order valence-electron chi connectivity index (χ0n) is 11.6. The van der Waals surface area contributed by atoms with Gasteiger partial charge in [0.1, 0.15) is 5.82 Å². The van der Waals surface area contributed by atoms with E-state index in [0.717, 1.165) is 31.1 Å². The predicted octanol–water partition coefficient (Wildman–Crippen LogP) is 2.24. The first-order valence-electron chi connectivity index (χ1n) is 7.60. The van der Waals surface area contributed by atoms with Crippen molar-refractivity contribution < 1.29 is 0 Å². The van der Waals surface area contributed by atoms with Gasteiger partial charge >= 0.3 is 0 Å². The molecule has 1 aromatic heterocycles. The molecule has 0 aliphatic carbocycles. The minimum atomic E-state index is 0.618. The number of rotatable bonds is 4. The van der Waals surface area contributed by atoms with Crippen LogP contribution in [0.5, 0.6) is 0 Å². The summed E-state index contributed by atoms with van der Waals surface area (Å²) in [4.78, 5) is 6.93. The number of hydrogen-bond donors (Lipinski definition) is 2. The van der Waals surface area contributed by atoms with Gasteiger partial charge in [-0.15, -0.1) is 0 Å². The molecule has 1 aromatic rings. The van der Waals surface area contributed by atoms with Crippen LogP contribution in [0.1, 0.15) is 32.1 Å². The first-order chi connectivity index (χ1) is 9.42. The van der Waals surface area contributed by atoms with Gasteiger partial charge in [0, 0.05) is 25.7 Å². The van der Waals surface area contributed by atoms with Crippen LogP contribution >= 0.6 is 0 Å². The number of pyridine rings is 1. The fourth-order valence-electron chi connectivity index (χ4n) is 2.96. The molecule has 0 saturated carbocycles. The normalized spacial score (nSPS) is 23.6. The fraction of sp³-hybridized carbons (Fsp3) is 0.667. The first kappa shape index (κ1) is 12.7. The molecule has 2 aliphatic heterocycles. The highest BCUT2D eigenvalue weighted by molar-refractivity contribution is 5.49. The van der Waals surface area contributed by atoms with Crippen LogP contribution in [-0.4, -0.2) is 37.2 Å². The Balaban J connectivity index is 1.50.